The molecule has 3 rings (SSSR count). The Kier molecular flexibility index (Phi) is 3.47. The van der Waals surface area contributed by atoms with Crippen LogP contribution in [0.4, 0.5) is 14.5 Å². The number of halogens is 3. The molecule has 3 nitrogen and oxygen atoms in total. The second-order valence-electron chi connectivity index (χ2n) is 4.44. The Bertz CT molecular complexity index is 822. The molecule has 2 aromatic carbocycles. The standard InChI is InChI=1S/C15H9BrF2N2O/c16-8-6-11(17)14(12(18)7-8)20-15(21)10-2-1-3-13-9(10)4-5-19-13/h1-7,19H,(H,20,21). The third-order valence-electron chi connectivity index (χ3n) is 3.08. The summed E-state index contributed by atoms with van der Waals surface area (Å²) in [6.07, 6.45) is 1.70. The highest BCUT2D eigenvalue weighted by atomic mass is 79.9. The number of carbonyl (C=O) groups excluding carboxylic acids is 1. The summed E-state index contributed by atoms with van der Waals surface area (Å²) in [5.74, 6) is -2.24. The average molecular weight is 351 g/mol. The molecule has 2 N–H and O–H groups in total. The van der Waals surface area contributed by atoms with E-state index in [9.17, 15) is 13.6 Å². The number of hydrogen-bond donors (Lipinski definition) is 2. The molecule has 1 heterocycles. The molecular formula is C15H9BrF2N2O. The van der Waals surface area contributed by atoms with E-state index >= 15 is 0 Å². The molecule has 1 amide bonds. The van der Waals surface area contributed by atoms with Gasteiger partial charge >= 0.3 is 0 Å². The summed E-state index contributed by atoms with van der Waals surface area (Å²) in [5.41, 5.74) is 0.658. The molecule has 0 saturated carbocycles. The van der Waals surface area contributed by atoms with Gasteiger partial charge < -0.3 is 10.3 Å². The summed E-state index contributed by atoms with van der Waals surface area (Å²) < 4.78 is 27.8. The molecule has 0 saturated heterocycles. The van der Waals surface area contributed by atoms with Gasteiger partial charge in [-0.25, -0.2) is 8.78 Å². The molecule has 0 spiro atoms. The van der Waals surface area contributed by atoms with Crippen molar-refractivity contribution in [2.45, 2.75) is 0 Å². The Hall–Kier alpha value is -2.21. The van der Waals surface area contributed by atoms with Crippen LogP contribution in [-0.4, -0.2) is 10.9 Å². The average Bonchev–Trinajstić information content (AvgIpc) is 2.90. The van der Waals surface area contributed by atoms with E-state index in [4.69, 9.17) is 0 Å². The molecule has 6 heteroatoms. The normalized spacial score (nSPS) is 10.8. The van der Waals surface area contributed by atoms with Gasteiger partial charge in [-0.1, -0.05) is 22.0 Å². The molecule has 0 fully saturated rings. The lowest BCUT2D eigenvalue weighted by Gasteiger charge is -2.09. The van der Waals surface area contributed by atoms with E-state index in [-0.39, 0.29) is 4.47 Å². The van der Waals surface area contributed by atoms with Crippen LogP contribution in [0.3, 0.4) is 0 Å². The fraction of sp³-hybridized carbons (Fsp3) is 0. The largest absolute Gasteiger partial charge is 0.361 e. The number of benzene rings is 2. The lowest BCUT2D eigenvalue weighted by molar-refractivity contribution is 0.102. The first-order chi connectivity index (χ1) is 10.1. The van der Waals surface area contributed by atoms with Crippen LogP contribution in [0.1, 0.15) is 10.4 Å². The van der Waals surface area contributed by atoms with Gasteiger partial charge in [0.25, 0.3) is 5.91 Å². The number of amides is 1. The molecule has 3 aromatic rings. The molecule has 0 aliphatic carbocycles. The first kappa shape index (κ1) is 13.8. The van der Waals surface area contributed by atoms with Gasteiger partial charge in [0.15, 0.2) is 11.6 Å². The number of aromatic nitrogens is 1. The van der Waals surface area contributed by atoms with Gasteiger partial charge in [0.1, 0.15) is 5.69 Å². The summed E-state index contributed by atoms with van der Waals surface area (Å²) in [6, 6.07) is 9.03. The topological polar surface area (TPSA) is 44.9 Å². The number of carbonyl (C=O) groups is 1. The minimum absolute atomic E-state index is 0.267. The third-order valence-corrected chi connectivity index (χ3v) is 3.54. The van der Waals surface area contributed by atoms with Crippen LogP contribution in [0.2, 0.25) is 0 Å². The highest BCUT2D eigenvalue weighted by Crippen LogP contribution is 2.25. The van der Waals surface area contributed by atoms with Gasteiger partial charge in [-0.05, 0) is 30.3 Å². The van der Waals surface area contributed by atoms with E-state index in [1.54, 1.807) is 24.4 Å². The Morgan fingerprint density at radius 2 is 1.86 bits per heavy atom. The van der Waals surface area contributed by atoms with Crippen molar-refractivity contribution < 1.29 is 13.6 Å². The molecule has 0 aliphatic rings. The van der Waals surface area contributed by atoms with Crippen LogP contribution in [0.5, 0.6) is 0 Å². The van der Waals surface area contributed by atoms with Crippen LogP contribution >= 0.6 is 15.9 Å². The second kappa shape index (κ2) is 5.29. The summed E-state index contributed by atoms with van der Waals surface area (Å²) in [6.45, 7) is 0. The van der Waals surface area contributed by atoms with E-state index in [1.165, 1.54) is 0 Å². The molecule has 0 radical (unpaired) electrons. The van der Waals surface area contributed by atoms with Gasteiger partial charge in [-0.2, -0.15) is 0 Å². The van der Waals surface area contributed by atoms with Gasteiger partial charge in [-0.3, -0.25) is 4.79 Å². The predicted octanol–water partition coefficient (Wildman–Crippen LogP) is 4.46. The number of rotatable bonds is 2. The first-order valence-electron chi connectivity index (χ1n) is 6.08. The lowest BCUT2D eigenvalue weighted by atomic mass is 10.1. The zero-order chi connectivity index (χ0) is 15.0. The van der Waals surface area contributed by atoms with E-state index in [0.29, 0.717) is 10.9 Å². The highest BCUT2D eigenvalue weighted by molar-refractivity contribution is 9.10. The van der Waals surface area contributed by atoms with Crippen LogP contribution in [0.15, 0.2) is 47.1 Å². The van der Waals surface area contributed by atoms with Crippen molar-refractivity contribution in [3.8, 4) is 0 Å². The monoisotopic (exact) mass is 350 g/mol. The van der Waals surface area contributed by atoms with Crippen LogP contribution in [0, 0.1) is 11.6 Å². The van der Waals surface area contributed by atoms with E-state index in [2.05, 4.69) is 26.2 Å². The minimum atomic E-state index is -0.837. The predicted molar refractivity (Wildman–Crippen MR) is 80.3 cm³/mol. The van der Waals surface area contributed by atoms with Crippen molar-refractivity contribution in [3.05, 3.63) is 64.3 Å². The number of aromatic amines is 1. The van der Waals surface area contributed by atoms with Crippen LogP contribution < -0.4 is 5.32 Å². The van der Waals surface area contributed by atoms with E-state index < -0.39 is 23.2 Å². The van der Waals surface area contributed by atoms with Crippen molar-refractivity contribution in [3.63, 3.8) is 0 Å². The van der Waals surface area contributed by atoms with Crippen molar-refractivity contribution in [2.75, 3.05) is 5.32 Å². The smallest absolute Gasteiger partial charge is 0.256 e. The van der Waals surface area contributed by atoms with Crippen molar-refractivity contribution >= 4 is 38.4 Å². The summed E-state index contributed by atoms with van der Waals surface area (Å²) in [7, 11) is 0. The summed E-state index contributed by atoms with van der Waals surface area (Å²) >= 11 is 2.99. The van der Waals surface area contributed by atoms with Crippen molar-refractivity contribution in [2.24, 2.45) is 0 Å². The summed E-state index contributed by atoms with van der Waals surface area (Å²) in [5, 5.41) is 2.97. The van der Waals surface area contributed by atoms with Crippen LogP contribution in [0.25, 0.3) is 10.9 Å². The van der Waals surface area contributed by atoms with Crippen molar-refractivity contribution in [1.82, 2.24) is 4.98 Å². The molecule has 0 unspecified atom stereocenters. The Labute approximate surface area is 127 Å². The highest BCUT2D eigenvalue weighted by Gasteiger charge is 2.16. The Balaban J connectivity index is 1.99. The van der Waals surface area contributed by atoms with Gasteiger partial charge in [0.05, 0.1) is 0 Å². The molecule has 0 atom stereocenters. The maximum Gasteiger partial charge on any atom is 0.256 e. The van der Waals surface area contributed by atoms with E-state index in [1.807, 2.05) is 6.07 Å². The molecule has 0 bridgehead atoms. The zero-order valence-corrected chi connectivity index (χ0v) is 12.2. The summed E-state index contributed by atoms with van der Waals surface area (Å²) in [4.78, 5) is 15.2. The maximum atomic E-state index is 13.8. The van der Waals surface area contributed by atoms with Gasteiger partial charge in [-0.15, -0.1) is 0 Å². The number of fused-ring (bicyclic) bond motifs is 1. The third kappa shape index (κ3) is 2.54. The fourth-order valence-electron chi connectivity index (χ4n) is 2.13. The number of hydrogen-bond acceptors (Lipinski definition) is 1. The molecule has 21 heavy (non-hydrogen) atoms. The molecular weight excluding hydrogens is 342 g/mol. The number of nitrogens with one attached hydrogen (secondary N) is 2. The molecule has 1 aromatic heterocycles. The Morgan fingerprint density at radius 1 is 1.14 bits per heavy atom. The SMILES string of the molecule is O=C(Nc1c(F)cc(Br)cc1F)c1cccc2[nH]ccc12. The number of H-pyrrole nitrogens is 1. The molecule has 0 aliphatic heterocycles. The maximum absolute atomic E-state index is 13.8. The van der Waals surface area contributed by atoms with Crippen molar-refractivity contribution in [1.29, 1.82) is 0 Å². The zero-order valence-electron chi connectivity index (χ0n) is 10.6. The number of anilines is 1. The van der Waals surface area contributed by atoms with E-state index in [0.717, 1.165) is 17.6 Å². The van der Waals surface area contributed by atoms with Crippen LogP contribution in [-0.2, 0) is 0 Å². The molecule has 106 valence electrons. The lowest BCUT2D eigenvalue weighted by Crippen LogP contribution is -2.14. The quantitative estimate of drug-likeness (QED) is 0.704. The second-order valence-corrected chi connectivity index (χ2v) is 5.36. The minimum Gasteiger partial charge on any atom is -0.361 e. The first-order valence-corrected chi connectivity index (χ1v) is 6.87. The fourth-order valence-corrected chi connectivity index (χ4v) is 2.53. The Morgan fingerprint density at radius 3 is 2.57 bits per heavy atom. The van der Waals surface area contributed by atoms with Gasteiger partial charge in [0.2, 0.25) is 0 Å². The van der Waals surface area contributed by atoms with Gasteiger partial charge in [0, 0.05) is 27.1 Å².